The van der Waals surface area contributed by atoms with Crippen molar-refractivity contribution in [1.82, 2.24) is 4.98 Å². The first-order valence-electron chi connectivity index (χ1n) is 5.81. The van der Waals surface area contributed by atoms with Crippen molar-refractivity contribution in [2.75, 3.05) is 6.54 Å². The predicted molar refractivity (Wildman–Crippen MR) is 73.7 cm³/mol. The minimum Gasteiger partial charge on any atom is -0.330 e. The normalized spacial score (nSPS) is 13.0. The van der Waals surface area contributed by atoms with Crippen LogP contribution in [0.1, 0.15) is 29.7 Å². The molecule has 2 N–H and O–H groups in total. The number of pyridine rings is 1. The van der Waals surface area contributed by atoms with Gasteiger partial charge in [0.1, 0.15) is 0 Å². The molecule has 2 nitrogen and oxygen atoms in total. The highest BCUT2D eigenvalue weighted by Crippen LogP contribution is 2.27. The van der Waals surface area contributed by atoms with Gasteiger partial charge in [-0.05, 0) is 37.1 Å². The van der Waals surface area contributed by atoms with Gasteiger partial charge in [0.05, 0.1) is 5.52 Å². The van der Waals surface area contributed by atoms with Gasteiger partial charge in [-0.1, -0.05) is 24.6 Å². The fourth-order valence-electron chi connectivity index (χ4n) is 2.09. The SMILES string of the molecule is Cc1cc2ccc(Cl)c(C)c2nc1C(C)CN. The lowest BCUT2D eigenvalue weighted by molar-refractivity contribution is 0.742. The second-order valence-electron chi connectivity index (χ2n) is 4.57. The summed E-state index contributed by atoms with van der Waals surface area (Å²) >= 11 is 6.13. The largest absolute Gasteiger partial charge is 0.330 e. The highest BCUT2D eigenvalue weighted by molar-refractivity contribution is 6.32. The van der Waals surface area contributed by atoms with E-state index in [9.17, 15) is 0 Å². The number of hydrogen-bond donors (Lipinski definition) is 1. The summed E-state index contributed by atoms with van der Waals surface area (Å²) in [5.41, 5.74) is 10.0. The molecule has 1 aromatic carbocycles. The summed E-state index contributed by atoms with van der Waals surface area (Å²) in [6.07, 6.45) is 0. The van der Waals surface area contributed by atoms with Crippen molar-refractivity contribution in [3.05, 3.63) is 40.0 Å². The van der Waals surface area contributed by atoms with Gasteiger partial charge in [0.15, 0.2) is 0 Å². The van der Waals surface area contributed by atoms with Crippen molar-refractivity contribution >= 4 is 22.5 Å². The standard InChI is InChI=1S/C14H17ClN2/c1-8-6-11-4-5-12(15)10(3)14(11)17-13(8)9(2)7-16/h4-6,9H,7,16H2,1-3H3. The highest BCUT2D eigenvalue weighted by atomic mass is 35.5. The summed E-state index contributed by atoms with van der Waals surface area (Å²) in [5, 5.41) is 1.90. The van der Waals surface area contributed by atoms with Crippen LogP contribution in [0.3, 0.4) is 0 Å². The fourth-order valence-corrected chi connectivity index (χ4v) is 2.24. The van der Waals surface area contributed by atoms with Crippen molar-refractivity contribution in [3.8, 4) is 0 Å². The van der Waals surface area contributed by atoms with E-state index in [0.29, 0.717) is 6.54 Å². The lowest BCUT2D eigenvalue weighted by atomic mass is 10.00. The van der Waals surface area contributed by atoms with Crippen molar-refractivity contribution in [1.29, 1.82) is 0 Å². The number of aromatic nitrogens is 1. The van der Waals surface area contributed by atoms with Crippen LogP contribution in [-0.4, -0.2) is 11.5 Å². The third-order valence-corrected chi connectivity index (χ3v) is 3.63. The third kappa shape index (κ3) is 2.15. The summed E-state index contributed by atoms with van der Waals surface area (Å²) in [6.45, 7) is 6.79. The molecule has 0 radical (unpaired) electrons. The second-order valence-corrected chi connectivity index (χ2v) is 4.98. The molecule has 90 valence electrons. The maximum absolute atomic E-state index is 6.13. The predicted octanol–water partition coefficient (Wildman–Crippen LogP) is 3.57. The summed E-state index contributed by atoms with van der Waals surface area (Å²) in [5.74, 6) is 0.276. The van der Waals surface area contributed by atoms with Gasteiger partial charge in [0.2, 0.25) is 0 Å². The molecular weight excluding hydrogens is 232 g/mol. The monoisotopic (exact) mass is 248 g/mol. The first kappa shape index (κ1) is 12.3. The molecule has 1 unspecified atom stereocenters. The van der Waals surface area contributed by atoms with Gasteiger partial charge in [-0.25, -0.2) is 0 Å². The van der Waals surface area contributed by atoms with E-state index in [-0.39, 0.29) is 5.92 Å². The molecule has 3 heteroatoms. The van der Waals surface area contributed by atoms with E-state index in [2.05, 4.69) is 19.9 Å². The second kappa shape index (κ2) is 4.63. The fraction of sp³-hybridized carbons (Fsp3) is 0.357. The van der Waals surface area contributed by atoms with Crippen LogP contribution in [0.5, 0.6) is 0 Å². The molecule has 0 aliphatic rings. The van der Waals surface area contributed by atoms with Gasteiger partial charge in [-0.2, -0.15) is 0 Å². The molecule has 1 aromatic heterocycles. The average molecular weight is 249 g/mol. The highest BCUT2D eigenvalue weighted by Gasteiger charge is 2.12. The van der Waals surface area contributed by atoms with E-state index >= 15 is 0 Å². The molecule has 2 aromatic rings. The van der Waals surface area contributed by atoms with Crippen molar-refractivity contribution in [2.45, 2.75) is 26.7 Å². The molecule has 0 fully saturated rings. The Morgan fingerprint density at radius 2 is 2.06 bits per heavy atom. The quantitative estimate of drug-likeness (QED) is 0.883. The molecule has 0 amide bonds. The molecule has 0 saturated heterocycles. The lowest BCUT2D eigenvalue weighted by Gasteiger charge is -2.14. The zero-order valence-electron chi connectivity index (χ0n) is 10.4. The summed E-state index contributed by atoms with van der Waals surface area (Å²) in [6, 6.07) is 6.10. The Morgan fingerprint density at radius 1 is 1.35 bits per heavy atom. The Kier molecular flexibility index (Phi) is 3.36. The molecular formula is C14H17ClN2. The Morgan fingerprint density at radius 3 is 2.71 bits per heavy atom. The third-order valence-electron chi connectivity index (χ3n) is 3.22. The number of nitrogens with zero attached hydrogens (tertiary/aromatic N) is 1. The zero-order chi connectivity index (χ0) is 12.6. The molecule has 0 saturated carbocycles. The van der Waals surface area contributed by atoms with Crippen LogP contribution in [0.25, 0.3) is 10.9 Å². The number of hydrogen-bond acceptors (Lipinski definition) is 2. The first-order valence-corrected chi connectivity index (χ1v) is 6.18. The van der Waals surface area contributed by atoms with E-state index < -0.39 is 0 Å². The molecule has 0 bridgehead atoms. The zero-order valence-corrected chi connectivity index (χ0v) is 11.2. The van der Waals surface area contributed by atoms with Crippen LogP contribution in [-0.2, 0) is 0 Å². The van der Waals surface area contributed by atoms with E-state index in [1.807, 2.05) is 19.1 Å². The Balaban J connectivity index is 2.73. The first-order chi connectivity index (χ1) is 8.04. The minimum atomic E-state index is 0.276. The molecule has 0 aliphatic heterocycles. The Hall–Kier alpha value is -1.12. The van der Waals surface area contributed by atoms with Gasteiger partial charge >= 0.3 is 0 Å². The van der Waals surface area contributed by atoms with E-state index in [1.54, 1.807) is 0 Å². The Labute approximate surface area is 107 Å². The molecule has 2 rings (SSSR count). The van der Waals surface area contributed by atoms with Gasteiger partial charge in [0.25, 0.3) is 0 Å². The summed E-state index contributed by atoms with van der Waals surface area (Å²) in [4.78, 5) is 4.74. The van der Waals surface area contributed by atoms with Crippen LogP contribution >= 0.6 is 11.6 Å². The van der Waals surface area contributed by atoms with Crippen LogP contribution in [0.15, 0.2) is 18.2 Å². The van der Waals surface area contributed by atoms with Crippen molar-refractivity contribution < 1.29 is 0 Å². The number of fused-ring (bicyclic) bond motifs is 1. The number of benzene rings is 1. The van der Waals surface area contributed by atoms with Crippen LogP contribution in [0, 0.1) is 13.8 Å². The summed E-state index contributed by atoms with van der Waals surface area (Å²) < 4.78 is 0. The van der Waals surface area contributed by atoms with Crippen LogP contribution in [0.2, 0.25) is 5.02 Å². The van der Waals surface area contributed by atoms with Gasteiger partial charge in [-0.15, -0.1) is 0 Å². The molecule has 0 spiro atoms. The molecule has 0 aliphatic carbocycles. The molecule has 1 atom stereocenters. The van der Waals surface area contributed by atoms with E-state index in [4.69, 9.17) is 22.3 Å². The van der Waals surface area contributed by atoms with Crippen molar-refractivity contribution in [2.24, 2.45) is 5.73 Å². The van der Waals surface area contributed by atoms with Crippen molar-refractivity contribution in [3.63, 3.8) is 0 Å². The number of aryl methyl sites for hydroxylation is 2. The lowest BCUT2D eigenvalue weighted by Crippen LogP contribution is -2.12. The van der Waals surface area contributed by atoms with Gasteiger partial charge in [0, 0.05) is 28.6 Å². The maximum Gasteiger partial charge on any atom is 0.0749 e. The van der Waals surface area contributed by atoms with Gasteiger partial charge in [-0.3, -0.25) is 4.98 Å². The molecule has 17 heavy (non-hydrogen) atoms. The molecule has 1 heterocycles. The van der Waals surface area contributed by atoms with Crippen LogP contribution in [0.4, 0.5) is 0 Å². The van der Waals surface area contributed by atoms with E-state index in [1.165, 1.54) is 5.56 Å². The topological polar surface area (TPSA) is 38.9 Å². The van der Waals surface area contributed by atoms with E-state index in [0.717, 1.165) is 27.2 Å². The smallest absolute Gasteiger partial charge is 0.0749 e. The minimum absolute atomic E-state index is 0.276. The Bertz CT molecular complexity index is 564. The maximum atomic E-state index is 6.13. The number of nitrogens with two attached hydrogens (primary N) is 1. The summed E-state index contributed by atoms with van der Waals surface area (Å²) in [7, 11) is 0. The van der Waals surface area contributed by atoms with Gasteiger partial charge < -0.3 is 5.73 Å². The number of rotatable bonds is 2. The number of halogens is 1. The average Bonchev–Trinajstić information content (AvgIpc) is 2.32. The van der Waals surface area contributed by atoms with Crippen LogP contribution < -0.4 is 5.73 Å².